The van der Waals surface area contributed by atoms with Crippen LogP contribution in [0.5, 0.6) is 0 Å². The number of carbonyl (C=O) groups excluding carboxylic acids is 1. The maximum absolute atomic E-state index is 13.2. The molecule has 0 aliphatic carbocycles. The van der Waals surface area contributed by atoms with Gasteiger partial charge in [-0.2, -0.15) is 13.2 Å². The molecule has 0 aromatic heterocycles. The Bertz CT molecular complexity index is 949. The lowest BCUT2D eigenvalue weighted by Crippen LogP contribution is -2.54. The Morgan fingerprint density at radius 3 is 2.45 bits per heavy atom. The van der Waals surface area contributed by atoms with Crippen molar-refractivity contribution in [2.45, 2.75) is 26.4 Å². The Hall–Kier alpha value is -2.70. The van der Waals surface area contributed by atoms with Crippen LogP contribution in [0.1, 0.15) is 25.0 Å². The fourth-order valence-electron chi connectivity index (χ4n) is 4.18. The Morgan fingerprint density at radius 2 is 1.79 bits per heavy atom. The van der Waals surface area contributed by atoms with Gasteiger partial charge < -0.3 is 19.7 Å². The van der Waals surface area contributed by atoms with Crippen molar-refractivity contribution in [1.29, 1.82) is 0 Å². The van der Waals surface area contributed by atoms with Gasteiger partial charge in [-0.15, -0.1) is 0 Å². The van der Waals surface area contributed by atoms with Gasteiger partial charge in [0, 0.05) is 48.6 Å². The van der Waals surface area contributed by atoms with E-state index in [2.05, 4.69) is 4.90 Å². The summed E-state index contributed by atoms with van der Waals surface area (Å²) in [6, 6.07) is 11.6. The third kappa shape index (κ3) is 3.78. The SMILES string of the molecule is CC1(C)Cc2cc(C(F)(F)F)ccc2N(c2cccc(N3CC(C(=O)[O-])C3)c2)C1. The fourth-order valence-corrected chi connectivity index (χ4v) is 4.18. The zero-order valence-corrected chi connectivity index (χ0v) is 16.3. The maximum Gasteiger partial charge on any atom is 0.416 e. The van der Waals surface area contributed by atoms with Gasteiger partial charge in [0.25, 0.3) is 0 Å². The Kier molecular flexibility index (Phi) is 4.52. The standard InChI is InChI=1S/C22H23F3N2O2/c1-21(2)10-14-8-16(22(23,24)25)6-7-19(14)27(13-21)18-5-3-4-17(9-18)26-11-15(12-26)20(28)29/h3-9,15H,10-13H2,1-2H3,(H,28,29)/p-1. The predicted octanol–water partition coefficient (Wildman–Crippen LogP) is 3.61. The highest BCUT2D eigenvalue weighted by atomic mass is 19.4. The first-order chi connectivity index (χ1) is 13.5. The molecule has 2 aliphatic rings. The fraction of sp³-hybridized carbons (Fsp3) is 0.409. The van der Waals surface area contributed by atoms with Crippen LogP contribution in [-0.4, -0.2) is 25.6 Å². The minimum Gasteiger partial charge on any atom is -0.550 e. The van der Waals surface area contributed by atoms with Gasteiger partial charge in [0.1, 0.15) is 0 Å². The van der Waals surface area contributed by atoms with E-state index in [-0.39, 0.29) is 5.41 Å². The second-order valence-corrected chi connectivity index (χ2v) is 8.71. The molecule has 29 heavy (non-hydrogen) atoms. The minimum absolute atomic E-state index is 0.190. The summed E-state index contributed by atoms with van der Waals surface area (Å²) in [5.41, 5.74) is 2.43. The second-order valence-electron chi connectivity index (χ2n) is 8.71. The quantitative estimate of drug-likeness (QED) is 0.786. The van der Waals surface area contributed by atoms with Crippen molar-refractivity contribution in [3.05, 3.63) is 53.6 Å². The number of halogens is 3. The number of carboxylic acids is 1. The number of benzene rings is 2. The predicted molar refractivity (Wildman–Crippen MR) is 103 cm³/mol. The van der Waals surface area contributed by atoms with Crippen LogP contribution in [0.15, 0.2) is 42.5 Å². The number of aliphatic carboxylic acids is 1. The smallest absolute Gasteiger partial charge is 0.416 e. The van der Waals surface area contributed by atoms with Crippen LogP contribution in [0.3, 0.4) is 0 Å². The van der Waals surface area contributed by atoms with Crippen molar-refractivity contribution >= 4 is 23.0 Å². The molecule has 1 saturated heterocycles. The topological polar surface area (TPSA) is 46.6 Å². The van der Waals surface area contributed by atoms with E-state index >= 15 is 0 Å². The summed E-state index contributed by atoms with van der Waals surface area (Å²) in [6.45, 7) is 5.59. The van der Waals surface area contributed by atoms with Crippen LogP contribution in [-0.2, 0) is 17.4 Å². The Labute approximate surface area is 167 Å². The van der Waals surface area contributed by atoms with E-state index in [9.17, 15) is 23.1 Å². The van der Waals surface area contributed by atoms with E-state index in [1.165, 1.54) is 6.07 Å². The molecule has 0 radical (unpaired) electrons. The Balaban J connectivity index is 1.67. The third-order valence-electron chi connectivity index (χ3n) is 5.67. The van der Waals surface area contributed by atoms with Crippen molar-refractivity contribution in [1.82, 2.24) is 0 Å². The Morgan fingerprint density at radius 1 is 1.10 bits per heavy atom. The molecule has 0 atom stereocenters. The molecular formula is C22H22F3N2O2-. The van der Waals surface area contributed by atoms with Gasteiger partial charge in [-0.25, -0.2) is 0 Å². The molecule has 2 aromatic rings. The molecule has 2 heterocycles. The van der Waals surface area contributed by atoms with E-state index < -0.39 is 23.6 Å². The van der Waals surface area contributed by atoms with E-state index in [4.69, 9.17) is 0 Å². The van der Waals surface area contributed by atoms with Crippen molar-refractivity contribution < 1.29 is 23.1 Å². The molecule has 2 aliphatic heterocycles. The van der Waals surface area contributed by atoms with Crippen LogP contribution in [0.25, 0.3) is 0 Å². The molecule has 0 unspecified atom stereocenters. The number of hydrogen-bond donors (Lipinski definition) is 0. The summed E-state index contributed by atoms with van der Waals surface area (Å²) in [7, 11) is 0. The molecule has 0 bridgehead atoms. The first-order valence-corrected chi connectivity index (χ1v) is 9.57. The van der Waals surface area contributed by atoms with Crippen molar-refractivity contribution in [3.8, 4) is 0 Å². The first kappa shape index (κ1) is 19.6. The normalized spacial score (nSPS) is 18.9. The second kappa shape index (κ2) is 6.68. The largest absolute Gasteiger partial charge is 0.550 e. The molecule has 2 aromatic carbocycles. The maximum atomic E-state index is 13.2. The molecule has 0 N–H and O–H groups in total. The molecule has 7 heteroatoms. The van der Waals surface area contributed by atoms with Crippen LogP contribution >= 0.6 is 0 Å². The molecular weight excluding hydrogens is 381 g/mol. The van der Waals surface area contributed by atoms with Crippen LogP contribution in [0.4, 0.5) is 30.2 Å². The van der Waals surface area contributed by atoms with E-state index in [1.54, 1.807) is 6.07 Å². The number of hydrogen-bond acceptors (Lipinski definition) is 4. The molecule has 0 spiro atoms. The number of carboxylic acid groups (broad SMARTS) is 1. The summed E-state index contributed by atoms with van der Waals surface area (Å²) in [5.74, 6) is -1.50. The van der Waals surface area contributed by atoms with Gasteiger partial charge in [-0.1, -0.05) is 19.9 Å². The molecule has 1 fully saturated rings. The minimum atomic E-state index is -4.37. The summed E-state index contributed by atoms with van der Waals surface area (Å²) in [5, 5.41) is 11.0. The van der Waals surface area contributed by atoms with Crippen LogP contribution in [0.2, 0.25) is 0 Å². The van der Waals surface area contributed by atoms with Gasteiger partial charge in [0.05, 0.1) is 5.56 Å². The lowest BCUT2D eigenvalue weighted by Gasteiger charge is -2.43. The lowest BCUT2D eigenvalue weighted by atomic mass is 9.80. The average Bonchev–Trinajstić information content (AvgIpc) is 2.57. The van der Waals surface area contributed by atoms with E-state index in [1.807, 2.05) is 43.0 Å². The molecule has 0 saturated carbocycles. The highest BCUT2D eigenvalue weighted by Crippen LogP contribution is 2.43. The van der Waals surface area contributed by atoms with Gasteiger partial charge >= 0.3 is 6.18 Å². The van der Waals surface area contributed by atoms with Crippen LogP contribution in [0, 0.1) is 11.3 Å². The average molecular weight is 403 g/mol. The van der Waals surface area contributed by atoms with Crippen LogP contribution < -0.4 is 14.9 Å². The van der Waals surface area contributed by atoms with Gasteiger partial charge in [-0.3, -0.25) is 0 Å². The van der Waals surface area contributed by atoms with E-state index in [0.29, 0.717) is 31.6 Å². The van der Waals surface area contributed by atoms with E-state index in [0.717, 1.165) is 23.1 Å². The van der Waals surface area contributed by atoms with Gasteiger partial charge in [-0.05, 0) is 53.8 Å². The van der Waals surface area contributed by atoms with Crippen molar-refractivity contribution in [3.63, 3.8) is 0 Å². The number of nitrogens with zero attached hydrogens (tertiary/aromatic N) is 2. The molecule has 4 nitrogen and oxygen atoms in total. The van der Waals surface area contributed by atoms with Gasteiger partial charge in [0.15, 0.2) is 0 Å². The number of fused-ring (bicyclic) bond motifs is 1. The monoisotopic (exact) mass is 403 g/mol. The number of rotatable bonds is 3. The summed E-state index contributed by atoms with van der Waals surface area (Å²) >= 11 is 0. The summed E-state index contributed by atoms with van der Waals surface area (Å²) in [6.07, 6.45) is -3.80. The number of anilines is 3. The zero-order chi connectivity index (χ0) is 21.0. The summed E-state index contributed by atoms with van der Waals surface area (Å²) in [4.78, 5) is 15.0. The molecule has 0 amide bonds. The zero-order valence-electron chi connectivity index (χ0n) is 16.3. The van der Waals surface area contributed by atoms with Crippen molar-refractivity contribution in [2.75, 3.05) is 29.4 Å². The first-order valence-electron chi connectivity index (χ1n) is 9.57. The van der Waals surface area contributed by atoms with Gasteiger partial charge in [0.2, 0.25) is 0 Å². The highest BCUT2D eigenvalue weighted by molar-refractivity contribution is 5.75. The number of carbonyl (C=O) groups is 1. The third-order valence-corrected chi connectivity index (χ3v) is 5.67. The summed E-state index contributed by atoms with van der Waals surface area (Å²) < 4.78 is 39.5. The van der Waals surface area contributed by atoms with Crippen molar-refractivity contribution in [2.24, 2.45) is 11.3 Å². The highest BCUT2D eigenvalue weighted by Gasteiger charge is 2.36. The number of alkyl halides is 3. The lowest BCUT2D eigenvalue weighted by molar-refractivity contribution is -0.312. The molecule has 4 rings (SSSR count). The molecule has 154 valence electrons.